The largest absolute Gasteiger partial charge is 0.0616 e. The number of fused-ring (bicyclic) bond motifs is 7. The fraction of sp³-hybridized carbons (Fsp3) is 0.121. The van der Waals surface area contributed by atoms with Gasteiger partial charge in [-0.25, -0.2) is 0 Å². The third-order valence-electron chi connectivity index (χ3n) is 14.3. The number of benzene rings is 12. The van der Waals surface area contributed by atoms with Gasteiger partial charge in [0.25, 0.3) is 0 Å². The van der Waals surface area contributed by atoms with E-state index in [1.807, 2.05) is 0 Å². The molecule has 0 saturated carbocycles. The summed E-state index contributed by atoms with van der Waals surface area (Å²) in [5.74, 6) is 0. The summed E-state index contributed by atoms with van der Waals surface area (Å²) in [5, 5.41) is 17.8. The van der Waals surface area contributed by atoms with Gasteiger partial charge in [-0.2, -0.15) is 0 Å². The SMILES string of the molecule is CC(C)(C)c1ccc(-c2c3ccccc3c(-c3ccc4ccc(-c5c6ccccc6c(-c6ccc(C(C)(C)C)c7ccccc67)c6ccccc56)cc4c3)c3ccccc23)c2ccccc12. The van der Waals surface area contributed by atoms with Gasteiger partial charge in [-0.15, -0.1) is 0 Å². The molecule has 316 valence electrons. The molecule has 0 heteroatoms. The highest BCUT2D eigenvalue weighted by Gasteiger charge is 2.24. The van der Waals surface area contributed by atoms with Gasteiger partial charge in [-0.05, 0) is 154 Å². The van der Waals surface area contributed by atoms with Crippen LogP contribution in [0, 0.1) is 0 Å². The Labute approximate surface area is 387 Å². The summed E-state index contributed by atoms with van der Waals surface area (Å²) in [6.07, 6.45) is 0. The monoisotopic (exact) mass is 844 g/mol. The molecule has 66 heavy (non-hydrogen) atoms. The van der Waals surface area contributed by atoms with Crippen LogP contribution in [0.5, 0.6) is 0 Å². The Bertz CT molecular complexity index is 3570. The van der Waals surface area contributed by atoms with Crippen molar-refractivity contribution in [3.05, 3.63) is 217 Å². The van der Waals surface area contributed by atoms with Gasteiger partial charge in [0.2, 0.25) is 0 Å². The van der Waals surface area contributed by atoms with E-state index in [2.05, 4.69) is 248 Å². The molecule has 0 nitrogen and oxygen atoms in total. The topological polar surface area (TPSA) is 0 Å². The zero-order valence-electron chi connectivity index (χ0n) is 38.6. The van der Waals surface area contributed by atoms with E-state index in [1.165, 1.54) is 131 Å². The Kier molecular flexibility index (Phi) is 9.10. The molecule has 0 heterocycles. The average molecular weight is 845 g/mol. The summed E-state index contributed by atoms with van der Waals surface area (Å²) in [6.45, 7) is 13.9. The lowest BCUT2D eigenvalue weighted by Crippen LogP contribution is -2.11. The molecule has 0 fully saturated rings. The van der Waals surface area contributed by atoms with Crippen LogP contribution < -0.4 is 0 Å². The normalized spacial score (nSPS) is 12.4. The van der Waals surface area contributed by atoms with Gasteiger partial charge < -0.3 is 0 Å². The zero-order chi connectivity index (χ0) is 44.9. The van der Waals surface area contributed by atoms with E-state index in [0.717, 1.165) is 0 Å². The summed E-state index contributed by atoms with van der Waals surface area (Å²) in [7, 11) is 0. The quantitative estimate of drug-likeness (QED) is 0.155. The molecule has 0 atom stereocenters. The highest BCUT2D eigenvalue weighted by molar-refractivity contribution is 6.26. The van der Waals surface area contributed by atoms with Crippen LogP contribution >= 0.6 is 0 Å². The van der Waals surface area contributed by atoms with Crippen LogP contribution in [0.3, 0.4) is 0 Å². The van der Waals surface area contributed by atoms with Gasteiger partial charge in [0.05, 0.1) is 0 Å². The molecule has 12 aromatic rings. The van der Waals surface area contributed by atoms with E-state index in [1.54, 1.807) is 0 Å². The molecule has 0 N–H and O–H groups in total. The maximum absolute atomic E-state index is 2.43. The highest BCUT2D eigenvalue weighted by atomic mass is 14.3. The lowest BCUT2D eigenvalue weighted by molar-refractivity contribution is 0.595. The fourth-order valence-corrected chi connectivity index (χ4v) is 11.4. The molecule has 0 unspecified atom stereocenters. The van der Waals surface area contributed by atoms with Gasteiger partial charge >= 0.3 is 0 Å². The minimum absolute atomic E-state index is 0.0278. The summed E-state index contributed by atoms with van der Waals surface area (Å²) in [4.78, 5) is 0. The minimum Gasteiger partial charge on any atom is -0.0616 e. The standard InChI is InChI=1S/C66H52/c1-65(2,3)59-37-35-57(45-19-7-9-21-47(45)59)63-53-27-15-11-23-49(53)61(50-24-12-16-28-54(50)63)42-33-31-41-32-34-43(40-44(41)39-42)62-51-25-13-17-29-55(51)64(56-30-18-14-26-52(56)62)58-36-38-60(66(4,5)6)48-22-10-8-20-46(48)58/h7-40H,1-6H3. The molecule has 0 bridgehead atoms. The van der Waals surface area contributed by atoms with Crippen molar-refractivity contribution < 1.29 is 0 Å². The second-order valence-corrected chi connectivity index (χ2v) is 20.4. The zero-order valence-corrected chi connectivity index (χ0v) is 38.6. The molecule has 12 rings (SSSR count). The Hall–Kier alpha value is -7.54. The second-order valence-electron chi connectivity index (χ2n) is 20.4. The van der Waals surface area contributed by atoms with E-state index in [0.29, 0.717) is 0 Å². The molecule has 0 aliphatic heterocycles. The van der Waals surface area contributed by atoms with Crippen molar-refractivity contribution in [1.82, 2.24) is 0 Å². The Balaban J connectivity index is 1.07. The molecule has 12 aromatic carbocycles. The van der Waals surface area contributed by atoms with E-state index in [4.69, 9.17) is 0 Å². The highest BCUT2D eigenvalue weighted by Crippen LogP contribution is 2.49. The summed E-state index contributed by atoms with van der Waals surface area (Å²) in [6, 6.07) is 77.8. The van der Waals surface area contributed by atoms with Gasteiger partial charge in [-0.1, -0.05) is 236 Å². The third kappa shape index (κ3) is 6.27. The number of hydrogen-bond donors (Lipinski definition) is 0. The molecule has 0 radical (unpaired) electrons. The van der Waals surface area contributed by atoms with Gasteiger partial charge in [0, 0.05) is 0 Å². The van der Waals surface area contributed by atoms with Gasteiger partial charge in [0.1, 0.15) is 0 Å². The first-order valence-corrected chi connectivity index (χ1v) is 23.5. The van der Waals surface area contributed by atoms with E-state index < -0.39 is 0 Å². The van der Waals surface area contributed by atoms with Crippen LogP contribution in [0.1, 0.15) is 52.7 Å². The first kappa shape index (κ1) is 40.0. The van der Waals surface area contributed by atoms with Crippen LogP contribution in [-0.4, -0.2) is 0 Å². The lowest BCUT2D eigenvalue weighted by atomic mass is 9.80. The Morgan fingerprint density at radius 1 is 0.227 bits per heavy atom. The van der Waals surface area contributed by atoms with Crippen LogP contribution in [0.25, 0.3) is 120 Å². The van der Waals surface area contributed by atoms with Crippen molar-refractivity contribution in [2.75, 3.05) is 0 Å². The maximum Gasteiger partial charge on any atom is -0.00201 e. The molecule has 0 aliphatic carbocycles. The van der Waals surface area contributed by atoms with Crippen molar-refractivity contribution in [3.8, 4) is 44.5 Å². The second kappa shape index (κ2) is 15.0. The van der Waals surface area contributed by atoms with E-state index in [9.17, 15) is 0 Å². The fourth-order valence-electron chi connectivity index (χ4n) is 11.4. The molecule has 0 aliphatic rings. The molecule has 0 amide bonds. The first-order valence-electron chi connectivity index (χ1n) is 23.5. The van der Waals surface area contributed by atoms with Crippen LogP contribution in [0.15, 0.2) is 206 Å². The van der Waals surface area contributed by atoms with Crippen molar-refractivity contribution in [2.24, 2.45) is 0 Å². The predicted molar refractivity (Wildman–Crippen MR) is 288 cm³/mol. The smallest absolute Gasteiger partial charge is 0.00201 e. The molecule has 0 spiro atoms. The van der Waals surface area contributed by atoms with Gasteiger partial charge in [-0.3, -0.25) is 0 Å². The summed E-state index contributed by atoms with van der Waals surface area (Å²) >= 11 is 0. The van der Waals surface area contributed by atoms with Crippen LogP contribution in [0.4, 0.5) is 0 Å². The van der Waals surface area contributed by atoms with Crippen molar-refractivity contribution in [3.63, 3.8) is 0 Å². The molecule has 0 aromatic heterocycles. The average Bonchev–Trinajstić information content (AvgIpc) is 3.33. The van der Waals surface area contributed by atoms with Crippen molar-refractivity contribution >= 4 is 75.4 Å². The van der Waals surface area contributed by atoms with Crippen LogP contribution in [-0.2, 0) is 10.8 Å². The molecular formula is C66H52. The Morgan fingerprint density at radius 2 is 0.500 bits per heavy atom. The first-order chi connectivity index (χ1) is 32.0. The van der Waals surface area contributed by atoms with E-state index >= 15 is 0 Å². The molecule has 0 saturated heterocycles. The van der Waals surface area contributed by atoms with Gasteiger partial charge in [0.15, 0.2) is 0 Å². The van der Waals surface area contributed by atoms with Crippen LogP contribution in [0.2, 0.25) is 0 Å². The minimum atomic E-state index is 0.0278. The number of hydrogen-bond acceptors (Lipinski definition) is 0. The van der Waals surface area contributed by atoms with Crippen molar-refractivity contribution in [1.29, 1.82) is 0 Å². The summed E-state index contributed by atoms with van der Waals surface area (Å²) in [5.41, 5.74) is 13.0. The molecular weight excluding hydrogens is 793 g/mol. The summed E-state index contributed by atoms with van der Waals surface area (Å²) < 4.78 is 0. The predicted octanol–water partition coefficient (Wildman–Crippen LogP) is 19.0. The number of rotatable bonds is 4. The maximum atomic E-state index is 2.43. The third-order valence-corrected chi connectivity index (χ3v) is 14.3. The Morgan fingerprint density at radius 3 is 0.803 bits per heavy atom. The van der Waals surface area contributed by atoms with E-state index in [-0.39, 0.29) is 10.8 Å². The van der Waals surface area contributed by atoms with Crippen molar-refractivity contribution in [2.45, 2.75) is 52.4 Å². The lowest BCUT2D eigenvalue weighted by Gasteiger charge is -2.24.